The Kier molecular flexibility index (Phi) is 20.5. The van der Waals surface area contributed by atoms with Crippen LogP contribution in [0.3, 0.4) is 0 Å². The Morgan fingerprint density at radius 3 is 0.351 bits per heavy atom. The van der Waals surface area contributed by atoms with Crippen molar-refractivity contribution in [2.75, 3.05) is 0 Å². The molecule has 0 amide bonds. The Morgan fingerprint density at radius 1 is 0.182 bits per heavy atom. The molecular formula is C37H52O40. The van der Waals surface area contributed by atoms with E-state index < -0.39 is 147 Å². The molecule has 40 heteroatoms. The van der Waals surface area contributed by atoms with Gasteiger partial charge in [-0.1, -0.05) is 0 Å². The van der Waals surface area contributed by atoms with Gasteiger partial charge in [0.1, 0.15) is 0 Å². The normalized spacial score (nSPS) is 13.6. The zero-order valence-corrected chi connectivity index (χ0v) is 41.5. The molecule has 0 aromatic carbocycles. The molecule has 0 aliphatic rings. The van der Waals surface area contributed by atoms with Gasteiger partial charge in [-0.3, -0.25) is 0 Å². The molecule has 0 bridgehead atoms. The van der Waals surface area contributed by atoms with Crippen molar-refractivity contribution in [2.45, 2.75) is 159 Å². The fourth-order valence-corrected chi connectivity index (χ4v) is 3.56. The van der Waals surface area contributed by atoms with Crippen molar-refractivity contribution in [3.8, 4) is 0 Å². The molecule has 0 heterocycles. The number of hydrogen-bond acceptors (Lipinski definition) is 40. The lowest BCUT2D eigenvalue weighted by Crippen LogP contribution is -2.63. The second-order valence-corrected chi connectivity index (χ2v) is 17.1. The van der Waals surface area contributed by atoms with E-state index in [1.807, 2.05) is 0 Å². The highest BCUT2D eigenvalue weighted by Crippen LogP contribution is 2.35. The molecule has 0 saturated heterocycles. The zero-order valence-electron chi connectivity index (χ0n) is 41.5. The lowest BCUT2D eigenvalue weighted by Gasteiger charge is -2.38. The first-order valence-electron chi connectivity index (χ1n) is 19.9. The summed E-state index contributed by atoms with van der Waals surface area (Å²) < 4.78 is 53.4. The summed E-state index contributed by atoms with van der Waals surface area (Å²) in [4.78, 5) is 160. The minimum absolute atomic E-state index is 0.103. The number of hydrogen-bond donors (Lipinski definition) is 16. The van der Waals surface area contributed by atoms with Crippen molar-refractivity contribution >= 4 is 71.6 Å². The highest BCUT2D eigenvalue weighted by Gasteiger charge is 2.66. The Morgan fingerprint density at radius 2 is 0.273 bits per heavy atom. The van der Waals surface area contributed by atoms with E-state index in [2.05, 4.69) is 56.8 Å². The second kappa shape index (κ2) is 22.5. The van der Waals surface area contributed by atoms with Crippen LogP contribution < -0.4 is 0 Å². The van der Waals surface area contributed by atoms with Crippen molar-refractivity contribution in [1.82, 2.24) is 0 Å². The topological polar surface area (TPSA) is 639 Å². The molecule has 0 unspecified atom stereocenters. The van der Waals surface area contributed by atoms with Gasteiger partial charge in [0.2, 0.25) is 0 Å². The van der Waals surface area contributed by atoms with Crippen LogP contribution in [-0.2, 0) is 114 Å². The Balaban J connectivity index is 9.71. The van der Waals surface area contributed by atoms with Crippen LogP contribution in [-0.4, -0.2) is 229 Å². The third-order valence-electron chi connectivity index (χ3n) is 7.75. The van der Waals surface area contributed by atoms with Gasteiger partial charge in [-0.25, -0.2) is 57.5 Å². The molecule has 0 spiro atoms. The van der Waals surface area contributed by atoms with E-state index in [-0.39, 0.29) is 83.1 Å². The van der Waals surface area contributed by atoms with Gasteiger partial charge in [0.05, 0.1) is 0 Å². The predicted octanol–water partition coefficient (Wildman–Crippen LogP) is -11.4. The minimum Gasteiger partial charge on any atom is -0.408 e. The monoisotopic (exact) mass is 1140 g/mol. The van der Waals surface area contributed by atoms with Crippen molar-refractivity contribution in [2.24, 2.45) is 0 Å². The van der Waals surface area contributed by atoms with E-state index in [9.17, 15) is 139 Å². The third-order valence-corrected chi connectivity index (χ3v) is 7.75. The first kappa shape index (κ1) is 70.0. The maximum atomic E-state index is 14.4. The number of rotatable bonds is 24. The van der Waals surface area contributed by atoms with E-state index in [0.717, 1.165) is 0 Å². The van der Waals surface area contributed by atoms with Gasteiger partial charge in [0.15, 0.2) is 0 Å². The van der Waals surface area contributed by atoms with Gasteiger partial charge in [0.25, 0.3) is 46.3 Å². The molecule has 77 heavy (non-hydrogen) atoms. The molecule has 0 fully saturated rings. The number of aliphatic hydroxyl groups is 16. The fourth-order valence-electron chi connectivity index (χ4n) is 3.56. The molecule has 40 nitrogen and oxygen atoms in total. The summed E-state index contributed by atoms with van der Waals surface area (Å²) in [5.41, 5.74) is 0. The Bertz CT molecular complexity index is 1880. The van der Waals surface area contributed by atoms with E-state index in [1.165, 1.54) is 0 Å². The Hall–Kier alpha value is -7.00. The molecule has 0 atom stereocenters. The maximum Gasteiger partial charge on any atom is 0.620 e. The molecule has 0 aromatic rings. The zero-order chi connectivity index (χ0) is 61.9. The molecule has 0 aliphatic carbocycles. The lowest BCUT2D eigenvalue weighted by atomic mass is 10.2. The summed E-state index contributed by atoms with van der Waals surface area (Å²) in [6.45, 7) is 0.154. The van der Waals surface area contributed by atoms with Crippen molar-refractivity contribution in [3.05, 3.63) is 0 Å². The van der Waals surface area contributed by atoms with Crippen molar-refractivity contribution in [3.63, 3.8) is 0 Å². The largest absolute Gasteiger partial charge is 0.620 e. The van der Waals surface area contributed by atoms with Crippen molar-refractivity contribution in [1.29, 1.82) is 0 Å². The number of carbonyl (C=O) groups is 12. The van der Waals surface area contributed by atoms with Gasteiger partial charge >= 0.3 is 101 Å². The standard InChI is InChI=1S/C37H52O40/c1-25(50,51)13(38)66-33(9,67-14(39)26(2,52)53)21(46)74-37(75-22(47)34(10,68-15(40)27(3,54)55)69-16(41)28(4,56)57,76-23(48)35(11,70-17(42)29(5,58)59)71-18(43)30(6,60)61)77-24(49)36(12,72-19(44)31(7,62)63)73-20(45)32(8,64)65/h50-65H,1-12H3. The van der Waals surface area contributed by atoms with Crippen LogP contribution in [0.4, 0.5) is 0 Å². The van der Waals surface area contributed by atoms with Crippen LogP contribution in [0.25, 0.3) is 0 Å². The molecule has 0 rings (SSSR count). The summed E-state index contributed by atoms with van der Waals surface area (Å²) in [7, 11) is 0. The second-order valence-electron chi connectivity index (χ2n) is 17.1. The number of ether oxygens (including phenoxy) is 12. The molecular weight excluding hydrogens is 1080 g/mol. The lowest BCUT2D eigenvalue weighted by molar-refractivity contribution is -0.451. The van der Waals surface area contributed by atoms with Crippen molar-refractivity contribution < 1.29 is 196 Å². The predicted molar refractivity (Wildman–Crippen MR) is 212 cm³/mol. The summed E-state index contributed by atoms with van der Waals surface area (Å²) in [5.74, 6) is -83.2. The van der Waals surface area contributed by atoms with Crippen LogP contribution in [0.2, 0.25) is 0 Å². The number of carbonyl (C=O) groups excluding carboxylic acids is 12. The van der Waals surface area contributed by atoms with Gasteiger partial charge in [-0.15, -0.1) is 0 Å². The van der Waals surface area contributed by atoms with Gasteiger partial charge in [0, 0.05) is 83.1 Å². The minimum atomic E-state index is -5.78. The van der Waals surface area contributed by atoms with Gasteiger partial charge in [-0.05, 0) is 0 Å². The van der Waals surface area contributed by atoms with Crippen LogP contribution in [0, 0.1) is 0 Å². The molecule has 440 valence electrons. The van der Waals surface area contributed by atoms with E-state index in [4.69, 9.17) is 0 Å². The first-order valence-corrected chi connectivity index (χ1v) is 19.9. The smallest absolute Gasteiger partial charge is 0.408 e. The van der Waals surface area contributed by atoms with Crippen LogP contribution in [0.5, 0.6) is 0 Å². The highest BCUT2D eigenvalue weighted by atomic mass is 17.1. The first-order chi connectivity index (χ1) is 33.5. The van der Waals surface area contributed by atoms with Crippen LogP contribution in [0.15, 0.2) is 0 Å². The maximum absolute atomic E-state index is 14.4. The Labute approximate surface area is 426 Å². The van der Waals surface area contributed by atoms with E-state index >= 15 is 0 Å². The molecule has 0 aliphatic heterocycles. The third kappa shape index (κ3) is 19.8. The van der Waals surface area contributed by atoms with Gasteiger partial charge in [-0.2, -0.15) is 0 Å². The summed E-state index contributed by atoms with van der Waals surface area (Å²) in [5, 5.41) is 158. The summed E-state index contributed by atoms with van der Waals surface area (Å²) in [6.07, 6.45) is -5.78. The summed E-state index contributed by atoms with van der Waals surface area (Å²) in [6, 6.07) is 0. The highest BCUT2D eigenvalue weighted by molar-refractivity contribution is 5.92. The van der Waals surface area contributed by atoms with Gasteiger partial charge < -0.3 is 139 Å². The van der Waals surface area contributed by atoms with Crippen LogP contribution >= 0.6 is 0 Å². The molecule has 16 N–H and O–H groups in total. The SMILES string of the molecule is CC(O)(O)C(=O)OC(C)(OC(=O)C(C)(O)O)C(=O)OC(OC(=O)C(C)(OC(=O)C(C)(O)O)OC(=O)C(C)(O)O)(OC(=O)C(C)(OC(=O)C(C)(O)O)OC(=O)C(C)(O)O)OC(=O)C(C)(OC(=O)C(C)(O)O)OC(=O)C(C)(O)O. The summed E-state index contributed by atoms with van der Waals surface area (Å²) >= 11 is 0. The average molecular weight is 1140 g/mol. The average Bonchev–Trinajstić information content (AvgIpc) is 3.17. The molecule has 0 saturated carbocycles. The molecule has 0 radical (unpaired) electrons. The number of esters is 12. The fraction of sp³-hybridized carbons (Fsp3) is 0.676. The van der Waals surface area contributed by atoms with E-state index in [0.29, 0.717) is 0 Å². The molecule has 0 aromatic heterocycles. The van der Waals surface area contributed by atoms with E-state index in [1.54, 1.807) is 0 Å². The quantitative estimate of drug-likeness (QED) is 0.0242. The van der Waals surface area contributed by atoms with Crippen LogP contribution in [0.1, 0.15) is 83.1 Å².